The molecule has 1 aromatic carbocycles. The van der Waals surface area contributed by atoms with E-state index in [9.17, 15) is 0 Å². The van der Waals surface area contributed by atoms with Gasteiger partial charge in [0.15, 0.2) is 10.7 Å². The number of hydrogen-bond donors (Lipinski definition) is 0. The fourth-order valence-electron chi connectivity index (χ4n) is 2.11. The van der Waals surface area contributed by atoms with Gasteiger partial charge in [0.2, 0.25) is 5.88 Å². The standard InChI is InChI=1S/C15H14ClN3O/c1-8-5-9(2)13(10(3)6-8)20-15-12(7-17)14(16)18-11(4)19-15/h5-6H,1-4H3. The van der Waals surface area contributed by atoms with Gasteiger partial charge in [-0.3, -0.25) is 0 Å². The Bertz CT molecular complexity index is 697. The zero-order chi connectivity index (χ0) is 14.9. The molecule has 1 heterocycles. The summed E-state index contributed by atoms with van der Waals surface area (Å²) in [6.07, 6.45) is 0. The predicted octanol–water partition coefficient (Wildman–Crippen LogP) is 4.03. The number of hydrogen-bond acceptors (Lipinski definition) is 4. The van der Waals surface area contributed by atoms with Gasteiger partial charge in [0, 0.05) is 0 Å². The second-order valence-electron chi connectivity index (χ2n) is 4.68. The highest BCUT2D eigenvalue weighted by molar-refractivity contribution is 6.30. The van der Waals surface area contributed by atoms with Crippen LogP contribution in [0.15, 0.2) is 12.1 Å². The highest BCUT2D eigenvalue weighted by atomic mass is 35.5. The van der Waals surface area contributed by atoms with Crippen molar-refractivity contribution in [2.45, 2.75) is 27.7 Å². The van der Waals surface area contributed by atoms with E-state index in [4.69, 9.17) is 21.6 Å². The lowest BCUT2D eigenvalue weighted by Crippen LogP contribution is -2.00. The van der Waals surface area contributed by atoms with Crippen LogP contribution in [0.5, 0.6) is 11.6 Å². The Morgan fingerprint density at radius 3 is 2.25 bits per heavy atom. The monoisotopic (exact) mass is 287 g/mol. The summed E-state index contributed by atoms with van der Waals surface area (Å²) >= 11 is 5.95. The molecule has 4 nitrogen and oxygen atoms in total. The lowest BCUT2D eigenvalue weighted by Gasteiger charge is -2.13. The lowest BCUT2D eigenvalue weighted by atomic mass is 10.1. The summed E-state index contributed by atoms with van der Waals surface area (Å²) < 4.78 is 5.82. The van der Waals surface area contributed by atoms with E-state index >= 15 is 0 Å². The van der Waals surface area contributed by atoms with Gasteiger partial charge in [-0.15, -0.1) is 0 Å². The van der Waals surface area contributed by atoms with E-state index in [0.717, 1.165) is 16.7 Å². The molecule has 0 aliphatic heterocycles. The number of ether oxygens (including phenoxy) is 1. The van der Waals surface area contributed by atoms with E-state index in [2.05, 4.69) is 9.97 Å². The van der Waals surface area contributed by atoms with Gasteiger partial charge in [-0.05, 0) is 38.8 Å². The van der Waals surface area contributed by atoms with Crippen molar-refractivity contribution in [2.24, 2.45) is 0 Å². The molecule has 0 atom stereocenters. The fraction of sp³-hybridized carbons (Fsp3) is 0.267. The first kappa shape index (κ1) is 14.3. The van der Waals surface area contributed by atoms with Gasteiger partial charge in [0.05, 0.1) is 0 Å². The second kappa shape index (κ2) is 5.48. The normalized spacial score (nSPS) is 10.2. The van der Waals surface area contributed by atoms with Gasteiger partial charge in [0.25, 0.3) is 0 Å². The summed E-state index contributed by atoms with van der Waals surface area (Å²) in [4.78, 5) is 8.12. The minimum atomic E-state index is 0.109. The zero-order valence-corrected chi connectivity index (χ0v) is 12.5. The molecule has 20 heavy (non-hydrogen) atoms. The number of aromatic nitrogens is 2. The molecule has 102 valence electrons. The minimum Gasteiger partial charge on any atom is -0.437 e. The second-order valence-corrected chi connectivity index (χ2v) is 5.04. The Hall–Kier alpha value is -2.12. The van der Waals surface area contributed by atoms with Crippen LogP contribution in [-0.2, 0) is 0 Å². The van der Waals surface area contributed by atoms with Crippen LogP contribution in [-0.4, -0.2) is 9.97 Å². The third-order valence-electron chi connectivity index (χ3n) is 2.86. The number of halogens is 1. The molecule has 5 heteroatoms. The van der Waals surface area contributed by atoms with Crippen molar-refractivity contribution in [3.63, 3.8) is 0 Å². The summed E-state index contributed by atoms with van der Waals surface area (Å²) in [7, 11) is 0. The molecule has 0 radical (unpaired) electrons. The van der Waals surface area contributed by atoms with Gasteiger partial charge >= 0.3 is 0 Å². The largest absolute Gasteiger partial charge is 0.437 e. The summed E-state index contributed by atoms with van der Waals surface area (Å²) in [5.74, 6) is 1.35. The van der Waals surface area contributed by atoms with Crippen molar-refractivity contribution >= 4 is 11.6 Å². The third kappa shape index (κ3) is 2.73. The maximum absolute atomic E-state index is 9.16. The average molecular weight is 288 g/mol. The first-order valence-corrected chi connectivity index (χ1v) is 6.50. The number of nitrogens with zero attached hydrogens (tertiary/aromatic N) is 3. The summed E-state index contributed by atoms with van der Waals surface area (Å²) in [6, 6.07) is 6.02. The van der Waals surface area contributed by atoms with Crippen molar-refractivity contribution in [3.8, 4) is 17.7 Å². The van der Waals surface area contributed by atoms with Gasteiger partial charge in [-0.2, -0.15) is 10.2 Å². The molecule has 2 rings (SSSR count). The molecule has 0 saturated heterocycles. The Labute approximate surface area is 123 Å². The Balaban J connectivity index is 2.54. The molecule has 0 N–H and O–H groups in total. The van der Waals surface area contributed by atoms with E-state index in [1.165, 1.54) is 0 Å². The molecule has 0 aliphatic carbocycles. The van der Waals surface area contributed by atoms with Crippen molar-refractivity contribution in [1.29, 1.82) is 5.26 Å². The summed E-state index contributed by atoms with van der Waals surface area (Å²) in [5.41, 5.74) is 3.28. The Morgan fingerprint density at radius 1 is 1.10 bits per heavy atom. The van der Waals surface area contributed by atoms with Gasteiger partial charge in [0.1, 0.15) is 17.6 Å². The number of benzene rings is 1. The lowest BCUT2D eigenvalue weighted by molar-refractivity contribution is 0.451. The first-order valence-electron chi connectivity index (χ1n) is 6.12. The molecule has 2 aromatic rings. The molecular weight excluding hydrogens is 274 g/mol. The van der Waals surface area contributed by atoms with E-state index < -0.39 is 0 Å². The number of aryl methyl sites for hydroxylation is 4. The highest BCUT2D eigenvalue weighted by Crippen LogP contribution is 2.32. The molecule has 1 aromatic heterocycles. The van der Waals surface area contributed by atoms with E-state index in [1.807, 2.05) is 39.0 Å². The van der Waals surface area contributed by atoms with Crippen LogP contribution in [0.1, 0.15) is 28.1 Å². The van der Waals surface area contributed by atoms with Gasteiger partial charge in [-0.1, -0.05) is 29.3 Å². The van der Waals surface area contributed by atoms with E-state index in [1.54, 1.807) is 6.92 Å². The molecular formula is C15H14ClN3O. The van der Waals surface area contributed by atoms with Gasteiger partial charge < -0.3 is 4.74 Å². The van der Waals surface area contributed by atoms with Crippen LogP contribution in [0.4, 0.5) is 0 Å². The predicted molar refractivity (Wildman–Crippen MR) is 77.2 cm³/mol. The maximum Gasteiger partial charge on any atom is 0.242 e. The van der Waals surface area contributed by atoms with Crippen molar-refractivity contribution in [1.82, 2.24) is 9.97 Å². The SMILES string of the molecule is Cc1cc(C)c(Oc2nc(C)nc(Cl)c2C#N)c(C)c1. The zero-order valence-electron chi connectivity index (χ0n) is 11.8. The topological polar surface area (TPSA) is 58.8 Å². The quantitative estimate of drug-likeness (QED) is 0.783. The molecule has 0 aliphatic rings. The summed E-state index contributed by atoms with van der Waals surface area (Å²) in [5, 5.41) is 9.27. The van der Waals surface area contributed by atoms with Crippen molar-refractivity contribution in [2.75, 3.05) is 0 Å². The summed E-state index contributed by atoms with van der Waals surface area (Å²) in [6.45, 7) is 7.64. The van der Waals surface area contributed by atoms with Crippen molar-refractivity contribution < 1.29 is 4.74 Å². The number of nitriles is 1. The molecule has 0 amide bonds. The van der Waals surface area contributed by atoms with Crippen LogP contribution in [0.2, 0.25) is 5.15 Å². The number of rotatable bonds is 2. The van der Waals surface area contributed by atoms with Crippen LogP contribution in [0.25, 0.3) is 0 Å². The van der Waals surface area contributed by atoms with Crippen LogP contribution in [0.3, 0.4) is 0 Å². The van der Waals surface area contributed by atoms with E-state index in [0.29, 0.717) is 11.6 Å². The Kier molecular flexibility index (Phi) is 3.91. The van der Waals surface area contributed by atoms with E-state index in [-0.39, 0.29) is 16.6 Å². The van der Waals surface area contributed by atoms with Crippen LogP contribution in [0, 0.1) is 39.0 Å². The molecule has 0 saturated carbocycles. The average Bonchev–Trinajstić information content (AvgIpc) is 2.33. The fourth-order valence-corrected chi connectivity index (χ4v) is 2.35. The molecule has 0 unspecified atom stereocenters. The smallest absolute Gasteiger partial charge is 0.242 e. The first-order chi connectivity index (χ1) is 9.42. The minimum absolute atomic E-state index is 0.109. The Morgan fingerprint density at radius 2 is 1.70 bits per heavy atom. The van der Waals surface area contributed by atoms with Gasteiger partial charge in [-0.25, -0.2) is 4.98 Å². The third-order valence-corrected chi connectivity index (χ3v) is 3.13. The van der Waals surface area contributed by atoms with Crippen molar-refractivity contribution in [3.05, 3.63) is 45.4 Å². The molecule has 0 spiro atoms. The molecule has 0 bridgehead atoms. The van der Waals surface area contributed by atoms with Crippen LogP contribution >= 0.6 is 11.6 Å². The molecule has 0 fully saturated rings. The van der Waals surface area contributed by atoms with Crippen LogP contribution < -0.4 is 4.74 Å². The highest BCUT2D eigenvalue weighted by Gasteiger charge is 2.15. The maximum atomic E-state index is 9.16.